The molecule has 0 aromatic heterocycles. The van der Waals surface area contributed by atoms with E-state index in [1.807, 2.05) is 18.7 Å². The van der Waals surface area contributed by atoms with E-state index in [1.165, 1.54) is 6.07 Å². The summed E-state index contributed by atoms with van der Waals surface area (Å²) in [6.45, 7) is 6.38. The van der Waals surface area contributed by atoms with Crippen LogP contribution in [-0.2, 0) is 0 Å². The molecule has 25 heavy (non-hydrogen) atoms. The third kappa shape index (κ3) is 4.94. The van der Waals surface area contributed by atoms with Crippen molar-refractivity contribution in [2.45, 2.75) is 25.8 Å². The van der Waals surface area contributed by atoms with Crippen molar-refractivity contribution in [3.05, 3.63) is 23.8 Å². The Morgan fingerprint density at radius 2 is 1.84 bits per heavy atom. The van der Waals surface area contributed by atoms with Crippen molar-refractivity contribution in [2.24, 2.45) is 0 Å². The highest BCUT2D eigenvalue weighted by atomic mass is 35.5. The number of rotatable bonds is 7. The van der Waals surface area contributed by atoms with Gasteiger partial charge in [0.1, 0.15) is 18.4 Å². The average molecular weight is 380 g/mol. The summed E-state index contributed by atoms with van der Waals surface area (Å²) in [4.78, 5) is 3.66. The fourth-order valence-electron chi connectivity index (χ4n) is 3.27. The Labute approximate surface area is 154 Å². The van der Waals surface area contributed by atoms with Crippen LogP contribution in [0.4, 0.5) is 14.5 Å². The molecule has 144 valence electrons. The van der Waals surface area contributed by atoms with Gasteiger partial charge in [0.2, 0.25) is 0 Å². The molecule has 0 radical (unpaired) electrons. The van der Waals surface area contributed by atoms with E-state index in [2.05, 4.69) is 5.32 Å². The van der Waals surface area contributed by atoms with E-state index in [9.17, 15) is 19.0 Å². The molecule has 5 nitrogen and oxygen atoms in total. The molecule has 0 unspecified atom stereocenters. The third-order valence-corrected chi connectivity index (χ3v) is 4.56. The van der Waals surface area contributed by atoms with Crippen LogP contribution in [0, 0.1) is 0 Å². The molecule has 1 saturated heterocycles. The number of aromatic hydroxyl groups is 1. The Hall–Kier alpha value is -1.15. The summed E-state index contributed by atoms with van der Waals surface area (Å²) < 4.78 is 28.9. The maximum atomic E-state index is 14.4. The number of benzene rings is 1. The van der Waals surface area contributed by atoms with E-state index in [1.54, 1.807) is 17.0 Å². The van der Waals surface area contributed by atoms with Crippen LogP contribution in [-0.4, -0.2) is 66.9 Å². The van der Waals surface area contributed by atoms with Gasteiger partial charge < -0.3 is 20.4 Å². The number of piperazine rings is 1. The fraction of sp³-hybridized carbons (Fsp3) is 0.647. The predicted molar refractivity (Wildman–Crippen MR) is 98.1 cm³/mol. The predicted octanol–water partition coefficient (Wildman–Crippen LogP) is 2.23. The number of anilines is 1. The van der Waals surface area contributed by atoms with Gasteiger partial charge in [-0.1, -0.05) is 6.07 Å². The van der Waals surface area contributed by atoms with Crippen molar-refractivity contribution in [3.8, 4) is 5.75 Å². The number of aliphatic hydroxyl groups excluding tert-OH is 1. The number of halogens is 3. The number of nitrogens with zero attached hydrogens (tertiary/aromatic N) is 2. The third-order valence-electron chi connectivity index (χ3n) is 4.56. The SMILES string of the molecule is CCN(CC)c1ccc([C@@H](N2CCNCC2)C(F)(F)CO)c(O)c1.Cl. The summed E-state index contributed by atoms with van der Waals surface area (Å²) in [5.74, 6) is -3.48. The first-order valence-electron chi connectivity index (χ1n) is 8.45. The van der Waals surface area contributed by atoms with Crippen molar-refractivity contribution in [1.29, 1.82) is 0 Å². The summed E-state index contributed by atoms with van der Waals surface area (Å²) in [7, 11) is 0. The fourth-order valence-corrected chi connectivity index (χ4v) is 3.27. The Bertz CT molecular complexity index is 539. The van der Waals surface area contributed by atoms with Crippen LogP contribution in [0.1, 0.15) is 25.5 Å². The molecule has 0 amide bonds. The molecule has 8 heteroatoms. The van der Waals surface area contributed by atoms with E-state index >= 15 is 0 Å². The number of phenolic OH excluding ortho intramolecular Hbond substituents is 1. The molecule has 1 aliphatic heterocycles. The molecular formula is C17H28ClF2N3O2. The van der Waals surface area contributed by atoms with E-state index in [0.717, 1.165) is 18.8 Å². The minimum atomic E-state index is -3.33. The summed E-state index contributed by atoms with van der Waals surface area (Å²) in [5.41, 5.74) is 0.958. The molecule has 3 N–H and O–H groups in total. The van der Waals surface area contributed by atoms with Gasteiger partial charge in [0, 0.05) is 56.6 Å². The first-order chi connectivity index (χ1) is 11.4. The van der Waals surface area contributed by atoms with Crippen LogP contribution in [0.25, 0.3) is 0 Å². The average Bonchev–Trinajstić information content (AvgIpc) is 2.59. The van der Waals surface area contributed by atoms with E-state index in [0.29, 0.717) is 26.2 Å². The monoisotopic (exact) mass is 379 g/mol. The van der Waals surface area contributed by atoms with Crippen LogP contribution in [0.3, 0.4) is 0 Å². The van der Waals surface area contributed by atoms with Crippen LogP contribution in [0.5, 0.6) is 5.75 Å². The number of alkyl halides is 2. The zero-order valence-corrected chi connectivity index (χ0v) is 15.5. The van der Waals surface area contributed by atoms with Crippen LogP contribution in [0.2, 0.25) is 0 Å². The zero-order chi connectivity index (χ0) is 17.7. The number of phenols is 1. The molecule has 1 atom stereocenters. The van der Waals surface area contributed by atoms with Gasteiger partial charge in [0.25, 0.3) is 5.92 Å². The van der Waals surface area contributed by atoms with Gasteiger partial charge in [0.15, 0.2) is 0 Å². The topological polar surface area (TPSA) is 59.0 Å². The highest BCUT2D eigenvalue weighted by Gasteiger charge is 2.45. The second-order valence-electron chi connectivity index (χ2n) is 6.02. The normalized spacial score (nSPS) is 17.0. The van der Waals surface area contributed by atoms with Gasteiger partial charge >= 0.3 is 0 Å². The Balaban J connectivity index is 0.00000312. The maximum Gasteiger partial charge on any atom is 0.290 e. The molecule has 1 aromatic carbocycles. The van der Waals surface area contributed by atoms with Gasteiger partial charge in [-0.15, -0.1) is 12.4 Å². The Morgan fingerprint density at radius 3 is 2.32 bits per heavy atom. The number of aliphatic hydroxyl groups is 1. The molecule has 1 aliphatic rings. The quantitative estimate of drug-likeness (QED) is 0.678. The zero-order valence-electron chi connectivity index (χ0n) is 14.7. The molecule has 1 heterocycles. The first kappa shape index (κ1) is 21.9. The van der Waals surface area contributed by atoms with E-state index < -0.39 is 18.6 Å². The van der Waals surface area contributed by atoms with Crippen LogP contribution < -0.4 is 10.2 Å². The lowest BCUT2D eigenvalue weighted by Gasteiger charge is -2.39. The second-order valence-corrected chi connectivity index (χ2v) is 6.02. The minimum Gasteiger partial charge on any atom is -0.508 e. The van der Waals surface area contributed by atoms with Gasteiger partial charge in [-0.25, -0.2) is 8.78 Å². The minimum absolute atomic E-state index is 0. The lowest BCUT2D eigenvalue weighted by atomic mass is 9.96. The van der Waals surface area contributed by atoms with Crippen molar-refractivity contribution >= 4 is 18.1 Å². The molecule has 0 spiro atoms. The molecule has 1 aromatic rings. The van der Waals surface area contributed by atoms with Crippen LogP contribution >= 0.6 is 12.4 Å². The molecule has 2 rings (SSSR count). The summed E-state index contributed by atoms with van der Waals surface area (Å²) in [6.07, 6.45) is 0. The molecule has 0 saturated carbocycles. The lowest BCUT2D eigenvalue weighted by Crippen LogP contribution is -2.51. The Morgan fingerprint density at radius 1 is 1.24 bits per heavy atom. The second kappa shape index (κ2) is 9.52. The van der Waals surface area contributed by atoms with Crippen molar-refractivity contribution < 1.29 is 19.0 Å². The van der Waals surface area contributed by atoms with Crippen molar-refractivity contribution in [1.82, 2.24) is 10.2 Å². The van der Waals surface area contributed by atoms with Gasteiger partial charge in [0.05, 0.1) is 0 Å². The summed E-state index contributed by atoms with van der Waals surface area (Å²) in [6, 6.07) is 3.50. The highest BCUT2D eigenvalue weighted by Crippen LogP contribution is 2.41. The van der Waals surface area contributed by atoms with Crippen LogP contribution in [0.15, 0.2) is 18.2 Å². The smallest absolute Gasteiger partial charge is 0.290 e. The largest absolute Gasteiger partial charge is 0.508 e. The summed E-state index contributed by atoms with van der Waals surface area (Å²) >= 11 is 0. The Kier molecular flexibility index (Phi) is 8.34. The molecule has 0 bridgehead atoms. The molecular weight excluding hydrogens is 352 g/mol. The maximum absolute atomic E-state index is 14.4. The van der Waals surface area contributed by atoms with Gasteiger partial charge in [-0.2, -0.15) is 0 Å². The van der Waals surface area contributed by atoms with E-state index in [4.69, 9.17) is 0 Å². The number of hydrogen-bond acceptors (Lipinski definition) is 5. The highest BCUT2D eigenvalue weighted by molar-refractivity contribution is 5.85. The number of hydrogen-bond donors (Lipinski definition) is 3. The van der Waals surface area contributed by atoms with Gasteiger partial charge in [-0.3, -0.25) is 4.90 Å². The standard InChI is InChI=1S/C17H27F2N3O2.ClH/c1-3-21(4-2)13-5-6-14(15(24)11-13)16(17(18,19)12-23)22-9-7-20-8-10-22;/h5-6,11,16,20,23-24H,3-4,7-10,12H2,1-2H3;1H/t16-;/m1./s1. The van der Waals surface area contributed by atoms with E-state index in [-0.39, 0.29) is 23.7 Å². The first-order valence-corrected chi connectivity index (χ1v) is 8.45. The molecule has 1 fully saturated rings. The van der Waals surface area contributed by atoms with Gasteiger partial charge in [-0.05, 0) is 19.9 Å². The van der Waals surface area contributed by atoms with Crippen molar-refractivity contribution in [3.63, 3.8) is 0 Å². The molecule has 0 aliphatic carbocycles. The number of nitrogens with one attached hydrogen (secondary N) is 1. The summed E-state index contributed by atoms with van der Waals surface area (Å²) in [5, 5.41) is 22.7. The lowest BCUT2D eigenvalue weighted by molar-refractivity contribution is -0.119. The van der Waals surface area contributed by atoms with Crippen molar-refractivity contribution in [2.75, 3.05) is 50.8 Å².